The Morgan fingerprint density at radius 2 is 1.33 bits per heavy atom. The number of hydrogen-bond donors (Lipinski definition) is 0. The van der Waals surface area contributed by atoms with Crippen LogP contribution in [0.5, 0.6) is 0 Å². The van der Waals surface area contributed by atoms with Crippen molar-refractivity contribution >= 4 is 5.91 Å². The Balaban J connectivity index is 1.68. The standard InChI is InChI=1S/C28H29NO/c1-27(2,3)23-16-14-22(15-17-23)20-29-21-28(19-18-26(29)30,24-10-6-4-7-11-24)25-12-8-5-9-13-25/h4-19H,20-21H2,1-3H3. The Labute approximate surface area is 179 Å². The van der Waals surface area contributed by atoms with Crippen LogP contribution in [0.3, 0.4) is 0 Å². The number of carbonyl (C=O) groups is 1. The molecule has 0 bridgehead atoms. The fraction of sp³-hybridized carbons (Fsp3) is 0.250. The van der Waals surface area contributed by atoms with E-state index in [9.17, 15) is 4.79 Å². The highest BCUT2D eigenvalue weighted by molar-refractivity contribution is 5.89. The molecule has 4 rings (SSSR count). The summed E-state index contributed by atoms with van der Waals surface area (Å²) in [5.41, 5.74) is 4.64. The van der Waals surface area contributed by atoms with Crippen molar-refractivity contribution in [1.82, 2.24) is 4.90 Å². The van der Waals surface area contributed by atoms with Gasteiger partial charge in [0.05, 0.1) is 5.41 Å². The second-order valence-electron chi connectivity index (χ2n) is 9.18. The van der Waals surface area contributed by atoms with Gasteiger partial charge in [-0.25, -0.2) is 0 Å². The Morgan fingerprint density at radius 3 is 1.83 bits per heavy atom. The Hall–Kier alpha value is -3.13. The van der Waals surface area contributed by atoms with E-state index < -0.39 is 0 Å². The first-order valence-corrected chi connectivity index (χ1v) is 10.6. The van der Waals surface area contributed by atoms with Crippen molar-refractivity contribution in [2.24, 2.45) is 0 Å². The van der Waals surface area contributed by atoms with Gasteiger partial charge in [-0.3, -0.25) is 4.79 Å². The van der Waals surface area contributed by atoms with E-state index >= 15 is 0 Å². The van der Waals surface area contributed by atoms with E-state index in [1.807, 2.05) is 17.0 Å². The fourth-order valence-corrected chi connectivity index (χ4v) is 4.23. The first kappa shape index (κ1) is 20.2. The smallest absolute Gasteiger partial charge is 0.246 e. The Morgan fingerprint density at radius 1 is 0.800 bits per heavy atom. The average molecular weight is 396 g/mol. The van der Waals surface area contributed by atoms with Crippen molar-refractivity contribution in [2.45, 2.75) is 38.1 Å². The normalized spacial score (nSPS) is 16.0. The van der Waals surface area contributed by atoms with Crippen LogP contribution in [-0.2, 0) is 22.2 Å². The molecule has 0 fully saturated rings. The van der Waals surface area contributed by atoms with Gasteiger partial charge in [0.25, 0.3) is 0 Å². The van der Waals surface area contributed by atoms with Crippen molar-refractivity contribution in [3.8, 4) is 0 Å². The van der Waals surface area contributed by atoms with Gasteiger partial charge in [-0.1, -0.05) is 112 Å². The summed E-state index contributed by atoms with van der Waals surface area (Å²) >= 11 is 0. The maximum atomic E-state index is 12.8. The van der Waals surface area contributed by atoms with Gasteiger partial charge < -0.3 is 4.90 Å². The SMILES string of the molecule is CC(C)(C)c1ccc(CN2CC(c3ccccc3)(c3ccccc3)C=CC2=O)cc1. The van der Waals surface area contributed by atoms with Crippen molar-refractivity contribution < 1.29 is 4.79 Å². The molecular formula is C28H29NO. The number of amides is 1. The minimum Gasteiger partial charge on any atom is -0.333 e. The molecule has 2 heteroatoms. The second-order valence-corrected chi connectivity index (χ2v) is 9.18. The van der Waals surface area contributed by atoms with Gasteiger partial charge in [-0.2, -0.15) is 0 Å². The lowest BCUT2D eigenvalue weighted by molar-refractivity contribution is -0.127. The third kappa shape index (κ3) is 3.95. The summed E-state index contributed by atoms with van der Waals surface area (Å²) in [4.78, 5) is 14.8. The van der Waals surface area contributed by atoms with E-state index in [0.29, 0.717) is 13.1 Å². The number of carbonyl (C=O) groups excluding carboxylic acids is 1. The summed E-state index contributed by atoms with van der Waals surface area (Å²) in [6.07, 6.45) is 3.83. The summed E-state index contributed by atoms with van der Waals surface area (Å²) in [6.45, 7) is 7.88. The molecule has 1 heterocycles. The molecule has 152 valence electrons. The van der Waals surface area contributed by atoms with Gasteiger partial charge >= 0.3 is 0 Å². The van der Waals surface area contributed by atoms with Crippen molar-refractivity contribution in [3.05, 3.63) is 119 Å². The van der Waals surface area contributed by atoms with Crippen LogP contribution >= 0.6 is 0 Å². The first-order chi connectivity index (χ1) is 14.4. The van der Waals surface area contributed by atoms with Crippen LogP contribution in [-0.4, -0.2) is 17.4 Å². The van der Waals surface area contributed by atoms with Crippen LogP contribution in [0.1, 0.15) is 43.0 Å². The van der Waals surface area contributed by atoms with Gasteiger partial charge in [0.15, 0.2) is 0 Å². The molecular weight excluding hydrogens is 366 g/mol. The minimum atomic E-state index is -0.345. The number of rotatable bonds is 4. The zero-order chi connectivity index (χ0) is 21.2. The van der Waals surface area contributed by atoms with E-state index in [1.54, 1.807) is 6.08 Å². The second kappa shape index (κ2) is 7.95. The van der Waals surface area contributed by atoms with Crippen LogP contribution < -0.4 is 0 Å². The molecule has 1 amide bonds. The maximum absolute atomic E-state index is 12.8. The highest BCUT2D eigenvalue weighted by Crippen LogP contribution is 2.37. The van der Waals surface area contributed by atoms with Crippen LogP contribution in [0, 0.1) is 0 Å². The molecule has 2 nitrogen and oxygen atoms in total. The molecule has 1 aliphatic rings. The van der Waals surface area contributed by atoms with E-state index in [1.165, 1.54) is 16.7 Å². The van der Waals surface area contributed by atoms with Crippen molar-refractivity contribution in [2.75, 3.05) is 6.54 Å². The molecule has 0 aromatic heterocycles. The summed E-state index contributed by atoms with van der Waals surface area (Å²) in [5, 5.41) is 0. The van der Waals surface area contributed by atoms with Crippen molar-refractivity contribution in [1.29, 1.82) is 0 Å². The van der Waals surface area contributed by atoms with Gasteiger partial charge in [0, 0.05) is 19.2 Å². The molecule has 30 heavy (non-hydrogen) atoms. The van der Waals surface area contributed by atoms with Crippen molar-refractivity contribution in [3.63, 3.8) is 0 Å². The first-order valence-electron chi connectivity index (χ1n) is 10.6. The highest BCUT2D eigenvalue weighted by atomic mass is 16.2. The predicted molar refractivity (Wildman–Crippen MR) is 123 cm³/mol. The highest BCUT2D eigenvalue weighted by Gasteiger charge is 2.38. The molecule has 0 N–H and O–H groups in total. The lowest BCUT2D eigenvalue weighted by Crippen LogP contribution is -2.46. The summed E-state index contributed by atoms with van der Waals surface area (Å²) in [5.74, 6) is 0.0670. The summed E-state index contributed by atoms with van der Waals surface area (Å²) < 4.78 is 0. The van der Waals surface area contributed by atoms with Gasteiger partial charge in [0.1, 0.15) is 0 Å². The molecule has 3 aromatic rings. The predicted octanol–water partition coefficient (Wildman–Crippen LogP) is 5.87. The van der Waals surface area contributed by atoms with Gasteiger partial charge in [-0.05, 0) is 27.7 Å². The molecule has 1 aliphatic heterocycles. The molecule has 0 saturated heterocycles. The zero-order valence-corrected chi connectivity index (χ0v) is 18.0. The summed E-state index contributed by atoms with van der Waals surface area (Å²) in [7, 11) is 0. The number of hydrogen-bond acceptors (Lipinski definition) is 1. The molecule has 0 atom stereocenters. The van der Waals surface area contributed by atoms with Gasteiger partial charge in [0.2, 0.25) is 5.91 Å². The monoisotopic (exact) mass is 395 g/mol. The zero-order valence-electron chi connectivity index (χ0n) is 18.0. The van der Waals surface area contributed by atoms with E-state index in [0.717, 1.165) is 5.56 Å². The van der Waals surface area contributed by atoms with E-state index in [4.69, 9.17) is 0 Å². The lowest BCUT2D eigenvalue weighted by Gasteiger charge is -2.40. The molecule has 0 unspecified atom stereocenters. The Kier molecular flexibility index (Phi) is 5.34. The minimum absolute atomic E-state index is 0.0670. The molecule has 0 spiro atoms. The van der Waals surface area contributed by atoms with Gasteiger partial charge in [-0.15, -0.1) is 0 Å². The fourth-order valence-electron chi connectivity index (χ4n) is 4.23. The van der Waals surface area contributed by atoms with E-state index in [2.05, 4.69) is 99.6 Å². The maximum Gasteiger partial charge on any atom is 0.246 e. The van der Waals surface area contributed by atoms with Crippen LogP contribution in [0.4, 0.5) is 0 Å². The third-order valence-corrected chi connectivity index (χ3v) is 6.03. The lowest BCUT2D eigenvalue weighted by atomic mass is 9.72. The molecule has 0 aliphatic carbocycles. The summed E-state index contributed by atoms with van der Waals surface area (Å²) in [6, 6.07) is 29.6. The van der Waals surface area contributed by atoms with Crippen LogP contribution in [0.2, 0.25) is 0 Å². The molecule has 0 radical (unpaired) electrons. The average Bonchev–Trinajstić information content (AvgIpc) is 2.76. The molecule has 3 aromatic carbocycles. The largest absolute Gasteiger partial charge is 0.333 e. The number of nitrogens with zero attached hydrogens (tertiary/aromatic N) is 1. The molecule has 0 saturated carbocycles. The van der Waals surface area contributed by atoms with Crippen LogP contribution in [0.15, 0.2) is 97.1 Å². The third-order valence-electron chi connectivity index (χ3n) is 6.03. The topological polar surface area (TPSA) is 20.3 Å². The number of benzene rings is 3. The van der Waals surface area contributed by atoms with E-state index in [-0.39, 0.29) is 16.7 Å². The quantitative estimate of drug-likeness (QED) is 0.541. The Bertz CT molecular complexity index is 988. The van der Waals surface area contributed by atoms with Crippen LogP contribution in [0.25, 0.3) is 0 Å².